The number of hydrogen-bond acceptors (Lipinski definition) is 4. The van der Waals surface area contributed by atoms with Gasteiger partial charge in [-0.1, -0.05) is 6.07 Å². The fourth-order valence-corrected chi connectivity index (χ4v) is 3.17. The Morgan fingerprint density at radius 1 is 1.47 bits per heavy atom. The van der Waals surface area contributed by atoms with Crippen molar-refractivity contribution in [1.82, 2.24) is 4.98 Å². The maximum Gasteiger partial charge on any atom is 0.215 e. The zero-order chi connectivity index (χ0) is 12.1. The molecular formula is C12H18N2O2S. The monoisotopic (exact) mass is 254 g/mol. The molecule has 2 heterocycles. The predicted molar refractivity (Wildman–Crippen MR) is 69.9 cm³/mol. The van der Waals surface area contributed by atoms with Gasteiger partial charge in [0, 0.05) is 34.4 Å². The van der Waals surface area contributed by atoms with Crippen LogP contribution in [0.15, 0.2) is 18.2 Å². The van der Waals surface area contributed by atoms with E-state index in [1.807, 2.05) is 25.1 Å². The minimum Gasteiger partial charge on any atom is -0.478 e. The van der Waals surface area contributed by atoms with E-state index in [1.165, 1.54) is 0 Å². The molecule has 1 saturated heterocycles. The van der Waals surface area contributed by atoms with Crippen LogP contribution in [0.3, 0.4) is 0 Å². The summed E-state index contributed by atoms with van der Waals surface area (Å²) >= 11 is 0. The minimum atomic E-state index is -0.611. The van der Waals surface area contributed by atoms with Gasteiger partial charge in [0.05, 0.1) is 6.61 Å². The number of pyridine rings is 1. The lowest BCUT2D eigenvalue weighted by molar-refractivity contribution is 0.327. The van der Waals surface area contributed by atoms with Crippen LogP contribution < -0.4 is 10.1 Å². The molecule has 0 atom stereocenters. The van der Waals surface area contributed by atoms with Gasteiger partial charge in [0.25, 0.3) is 0 Å². The third-order valence-corrected chi connectivity index (χ3v) is 4.14. The normalized spacial score (nSPS) is 24.3. The summed E-state index contributed by atoms with van der Waals surface area (Å²) in [5, 5.41) is 3.37. The summed E-state index contributed by atoms with van der Waals surface area (Å²) in [5.74, 6) is 3.08. The van der Waals surface area contributed by atoms with Crippen molar-refractivity contribution in [2.24, 2.45) is 0 Å². The van der Waals surface area contributed by atoms with Gasteiger partial charge >= 0.3 is 0 Å². The van der Waals surface area contributed by atoms with Gasteiger partial charge in [0.2, 0.25) is 5.88 Å². The van der Waals surface area contributed by atoms with Crippen LogP contribution in [0.5, 0.6) is 5.88 Å². The summed E-state index contributed by atoms with van der Waals surface area (Å²) in [7, 11) is -0.611. The summed E-state index contributed by atoms with van der Waals surface area (Å²) in [6.45, 7) is 2.57. The summed E-state index contributed by atoms with van der Waals surface area (Å²) in [5.41, 5.74) is 0. The first kappa shape index (κ1) is 12.4. The van der Waals surface area contributed by atoms with Crippen LogP contribution in [0.1, 0.15) is 19.8 Å². The molecule has 0 saturated carbocycles. The number of nitrogens with one attached hydrogen (secondary N) is 1. The largest absolute Gasteiger partial charge is 0.478 e. The van der Waals surface area contributed by atoms with Crippen LogP contribution in [0.4, 0.5) is 5.82 Å². The number of aromatic nitrogens is 1. The second-order valence-corrected chi connectivity index (χ2v) is 5.76. The Morgan fingerprint density at radius 2 is 2.24 bits per heavy atom. The lowest BCUT2D eigenvalue weighted by Gasteiger charge is -2.23. The molecule has 1 N–H and O–H groups in total. The van der Waals surface area contributed by atoms with E-state index in [-0.39, 0.29) is 0 Å². The van der Waals surface area contributed by atoms with E-state index < -0.39 is 10.8 Å². The lowest BCUT2D eigenvalue weighted by Crippen LogP contribution is -2.29. The molecule has 1 aromatic rings. The smallest absolute Gasteiger partial charge is 0.215 e. The molecule has 1 aliphatic heterocycles. The molecule has 0 radical (unpaired) electrons. The van der Waals surface area contributed by atoms with Gasteiger partial charge < -0.3 is 10.1 Å². The number of hydrogen-bond donors (Lipinski definition) is 1. The minimum absolute atomic E-state index is 0.386. The molecule has 5 heteroatoms. The molecule has 17 heavy (non-hydrogen) atoms. The van der Waals surface area contributed by atoms with Gasteiger partial charge in [-0.05, 0) is 25.8 Å². The average molecular weight is 254 g/mol. The van der Waals surface area contributed by atoms with E-state index >= 15 is 0 Å². The Labute approximate surface area is 104 Å². The van der Waals surface area contributed by atoms with Crippen LogP contribution in [0, 0.1) is 0 Å². The Hall–Kier alpha value is -1.10. The maximum absolute atomic E-state index is 11.2. The molecule has 4 nitrogen and oxygen atoms in total. The first-order chi connectivity index (χ1) is 8.28. The molecule has 2 rings (SSSR count). The zero-order valence-corrected chi connectivity index (χ0v) is 10.8. The molecule has 0 unspecified atom stereocenters. The van der Waals surface area contributed by atoms with E-state index in [0.717, 1.165) is 30.2 Å². The quantitative estimate of drug-likeness (QED) is 0.890. The predicted octanol–water partition coefficient (Wildman–Crippen LogP) is 1.80. The highest BCUT2D eigenvalue weighted by atomic mass is 32.2. The fraction of sp³-hybridized carbons (Fsp3) is 0.583. The van der Waals surface area contributed by atoms with Crippen molar-refractivity contribution in [2.45, 2.75) is 25.8 Å². The average Bonchev–Trinajstić information content (AvgIpc) is 2.33. The molecule has 0 aliphatic carbocycles. The van der Waals surface area contributed by atoms with Crippen LogP contribution >= 0.6 is 0 Å². The topological polar surface area (TPSA) is 51.2 Å². The van der Waals surface area contributed by atoms with Gasteiger partial charge in [-0.25, -0.2) is 0 Å². The van der Waals surface area contributed by atoms with Gasteiger partial charge in [-0.15, -0.1) is 0 Å². The first-order valence-electron chi connectivity index (χ1n) is 5.99. The molecule has 0 aromatic carbocycles. The third kappa shape index (κ3) is 3.70. The molecule has 0 amide bonds. The van der Waals surface area contributed by atoms with Crippen LogP contribution in [-0.4, -0.2) is 33.3 Å². The second-order valence-electron chi connectivity index (χ2n) is 4.06. The van der Waals surface area contributed by atoms with E-state index in [2.05, 4.69) is 10.3 Å². The van der Waals surface area contributed by atoms with Crippen molar-refractivity contribution in [3.05, 3.63) is 18.2 Å². The van der Waals surface area contributed by atoms with E-state index in [0.29, 0.717) is 18.5 Å². The molecular weight excluding hydrogens is 236 g/mol. The maximum atomic E-state index is 11.2. The molecule has 1 aromatic heterocycles. The standard InChI is InChI=1S/C12H18N2O2S/c1-2-16-12-5-3-4-11(14-12)13-10-6-8-17(15)9-7-10/h3-5,10H,2,6-9H2,1H3,(H,13,14). The van der Waals surface area contributed by atoms with E-state index in [4.69, 9.17) is 4.74 Å². The second kappa shape index (κ2) is 6.00. The lowest BCUT2D eigenvalue weighted by atomic mass is 10.1. The third-order valence-electron chi connectivity index (χ3n) is 2.76. The highest BCUT2D eigenvalue weighted by molar-refractivity contribution is 7.85. The summed E-state index contributed by atoms with van der Waals surface area (Å²) < 4.78 is 16.6. The molecule has 0 bridgehead atoms. The number of anilines is 1. The van der Waals surface area contributed by atoms with Gasteiger partial charge in [-0.3, -0.25) is 4.21 Å². The van der Waals surface area contributed by atoms with Gasteiger partial charge in [0.15, 0.2) is 0 Å². The highest BCUT2D eigenvalue weighted by Gasteiger charge is 2.17. The molecule has 0 spiro atoms. The Bertz CT molecular complexity index is 388. The summed E-state index contributed by atoms with van der Waals surface area (Å²) in [6, 6.07) is 6.11. The first-order valence-corrected chi connectivity index (χ1v) is 7.48. The van der Waals surface area contributed by atoms with Crippen molar-refractivity contribution >= 4 is 16.6 Å². The van der Waals surface area contributed by atoms with Crippen molar-refractivity contribution in [1.29, 1.82) is 0 Å². The summed E-state index contributed by atoms with van der Waals surface area (Å²) in [6.07, 6.45) is 1.90. The molecule has 1 aliphatic rings. The Balaban J connectivity index is 1.93. The van der Waals surface area contributed by atoms with Crippen molar-refractivity contribution in [3.8, 4) is 5.88 Å². The number of nitrogens with zero attached hydrogens (tertiary/aromatic N) is 1. The van der Waals surface area contributed by atoms with Crippen LogP contribution in [-0.2, 0) is 10.8 Å². The Kier molecular flexibility index (Phi) is 4.36. The molecule has 1 fully saturated rings. The number of rotatable bonds is 4. The van der Waals surface area contributed by atoms with Crippen molar-refractivity contribution in [2.75, 3.05) is 23.4 Å². The summed E-state index contributed by atoms with van der Waals surface area (Å²) in [4.78, 5) is 4.37. The van der Waals surface area contributed by atoms with Crippen molar-refractivity contribution < 1.29 is 8.95 Å². The van der Waals surface area contributed by atoms with E-state index in [1.54, 1.807) is 0 Å². The number of ether oxygens (including phenoxy) is 1. The van der Waals surface area contributed by atoms with E-state index in [9.17, 15) is 4.21 Å². The van der Waals surface area contributed by atoms with Crippen LogP contribution in [0.2, 0.25) is 0 Å². The van der Waals surface area contributed by atoms with Gasteiger partial charge in [-0.2, -0.15) is 4.98 Å². The zero-order valence-electron chi connectivity index (χ0n) is 10.0. The molecule has 94 valence electrons. The fourth-order valence-electron chi connectivity index (χ4n) is 1.87. The Morgan fingerprint density at radius 3 is 2.94 bits per heavy atom. The van der Waals surface area contributed by atoms with Crippen molar-refractivity contribution in [3.63, 3.8) is 0 Å². The highest BCUT2D eigenvalue weighted by Crippen LogP contribution is 2.17. The van der Waals surface area contributed by atoms with Crippen LogP contribution in [0.25, 0.3) is 0 Å². The SMILES string of the molecule is CCOc1cccc(NC2CCS(=O)CC2)n1. The van der Waals surface area contributed by atoms with Gasteiger partial charge in [0.1, 0.15) is 5.82 Å².